The fourth-order valence-electron chi connectivity index (χ4n) is 5.13. The lowest BCUT2D eigenvalue weighted by Gasteiger charge is -2.41. The summed E-state index contributed by atoms with van der Waals surface area (Å²) in [5.74, 6) is 1.29. The Morgan fingerprint density at radius 1 is 1.06 bits per heavy atom. The third-order valence-electron chi connectivity index (χ3n) is 7.46. The number of piperidine rings is 1. The molecule has 0 saturated carbocycles. The lowest BCUT2D eigenvalue weighted by Crippen LogP contribution is -2.48. The van der Waals surface area contributed by atoms with Gasteiger partial charge in [0.05, 0.1) is 9.88 Å². The molecule has 2 aliphatic heterocycles. The first kappa shape index (κ1) is 23.7. The molecule has 0 radical (unpaired) electrons. The molecule has 2 aliphatic rings. The summed E-state index contributed by atoms with van der Waals surface area (Å²) in [5, 5.41) is 1.31. The van der Waals surface area contributed by atoms with Crippen LogP contribution >= 0.6 is 11.3 Å². The number of benzene rings is 1. The fraction of sp³-hybridized carbons (Fsp3) is 0.607. The molecule has 1 aromatic carbocycles. The van der Waals surface area contributed by atoms with Crippen LogP contribution in [0.3, 0.4) is 0 Å². The Morgan fingerprint density at radius 2 is 1.75 bits per heavy atom. The van der Waals surface area contributed by atoms with Crippen molar-refractivity contribution in [2.45, 2.75) is 84.2 Å². The van der Waals surface area contributed by atoms with E-state index in [0.29, 0.717) is 23.9 Å². The third-order valence-corrected chi connectivity index (χ3v) is 8.67. The first-order chi connectivity index (χ1) is 15.3. The van der Waals surface area contributed by atoms with Crippen LogP contribution in [0.1, 0.15) is 81.9 Å². The second kappa shape index (κ2) is 10.2. The summed E-state index contributed by atoms with van der Waals surface area (Å²) in [7, 11) is 0. The summed E-state index contributed by atoms with van der Waals surface area (Å²) in [6.07, 6.45) is 6.84. The first-order valence-electron chi connectivity index (χ1n) is 12.5. The predicted octanol–water partition coefficient (Wildman–Crippen LogP) is 6.71. The van der Waals surface area contributed by atoms with Crippen molar-refractivity contribution < 1.29 is 0 Å². The van der Waals surface area contributed by atoms with E-state index in [4.69, 9.17) is 4.98 Å². The van der Waals surface area contributed by atoms with Gasteiger partial charge in [-0.3, -0.25) is 4.90 Å². The van der Waals surface area contributed by atoms with Gasteiger partial charge in [-0.1, -0.05) is 17.7 Å². The Balaban J connectivity index is 1.54. The van der Waals surface area contributed by atoms with E-state index in [1.807, 2.05) is 11.3 Å². The number of rotatable bonds is 8. The van der Waals surface area contributed by atoms with Gasteiger partial charge in [0, 0.05) is 37.3 Å². The highest BCUT2D eigenvalue weighted by Crippen LogP contribution is 2.38. The SMILES string of the molecule is C=C(C)CCc1ccc(-c2cnc(C3CN(C(C)C)C3)s2)cc1C1CCN(C(C)C)CC1. The second-order valence-electron chi connectivity index (χ2n) is 10.6. The minimum atomic E-state index is 0.617. The molecule has 2 aromatic rings. The number of aryl methyl sites for hydroxylation is 1. The Labute approximate surface area is 199 Å². The van der Waals surface area contributed by atoms with E-state index in [1.54, 1.807) is 5.56 Å². The number of hydrogen-bond acceptors (Lipinski definition) is 4. The maximum atomic E-state index is 4.84. The zero-order valence-electron chi connectivity index (χ0n) is 20.7. The van der Waals surface area contributed by atoms with Crippen molar-refractivity contribution in [3.05, 3.63) is 52.7 Å². The molecular weight excluding hydrogens is 410 g/mol. The molecule has 0 amide bonds. The minimum absolute atomic E-state index is 0.617. The number of nitrogens with zero attached hydrogens (tertiary/aromatic N) is 3. The van der Waals surface area contributed by atoms with E-state index < -0.39 is 0 Å². The fourth-order valence-corrected chi connectivity index (χ4v) is 6.13. The Kier molecular flexibility index (Phi) is 7.54. The van der Waals surface area contributed by atoms with Crippen molar-refractivity contribution in [2.75, 3.05) is 26.2 Å². The third kappa shape index (κ3) is 5.35. The van der Waals surface area contributed by atoms with Gasteiger partial charge in [0.2, 0.25) is 0 Å². The van der Waals surface area contributed by atoms with Crippen LogP contribution in [0, 0.1) is 0 Å². The van der Waals surface area contributed by atoms with Crippen molar-refractivity contribution in [2.24, 2.45) is 0 Å². The van der Waals surface area contributed by atoms with E-state index in [1.165, 1.54) is 52.5 Å². The van der Waals surface area contributed by atoms with Crippen molar-refractivity contribution in [3.63, 3.8) is 0 Å². The van der Waals surface area contributed by atoms with Gasteiger partial charge in [-0.2, -0.15) is 0 Å². The molecule has 0 N–H and O–H groups in total. The van der Waals surface area contributed by atoms with E-state index >= 15 is 0 Å². The standard InChI is InChI=1S/C28H41N3S/c1-19(2)7-8-22-9-10-24(15-26(22)23-11-13-30(14-12-23)20(3)4)27-16-29-28(32-27)25-17-31(18-25)21(5)6/h9-10,15-16,20-21,23,25H,1,7-8,11-14,17-18H2,2-6H3. The van der Waals surface area contributed by atoms with Crippen molar-refractivity contribution >= 4 is 11.3 Å². The smallest absolute Gasteiger partial charge is 0.0987 e. The molecule has 0 unspecified atom stereocenters. The summed E-state index contributed by atoms with van der Waals surface area (Å²) < 4.78 is 0. The molecule has 0 bridgehead atoms. The zero-order chi connectivity index (χ0) is 22.8. The number of allylic oxidation sites excluding steroid dienone is 1. The van der Waals surface area contributed by atoms with E-state index in [0.717, 1.165) is 25.9 Å². The van der Waals surface area contributed by atoms with Crippen LogP contribution in [0.25, 0.3) is 10.4 Å². The highest BCUT2D eigenvalue weighted by atomic mass is 32.1. The highest BCUT2D eigenvalue weighted by molar-refractivity contribution is 7.15. The molecule has 2 fully saturated rings. The Hall–Kier alpha value is -1.49. The largest absolute Gasteiger partial charge is 0.301 e. The summed E-state index contributed by atoms with van der Waals surface area (Å²) in [6.45, 7) is 20.2. The summed E-state index contributed by atoms with van der Waals surface area (Å²) in [6, 6.07) is 8.52. The zero-order valence-corrected chi connectivity index (χ0v) is 21.5. The molecule has 32 heavy (non-hydrogen) atoms. The molecule has 0 aliphatic carbocycles. The Morgan fingerprint density at radius 3 is 2.38 bits per heavy atom. The van der Waals surface area contributed by atoms with E-state index in [9.17, 15) is 0 Å². The predicted molar refractivity (Wildman–Crippen MR) is 139 cm³/mol. The van der Waals surface area contributed by atoms with Gasteiger partial charge in [0.25, 0.3) is 0 Å². The number of aromatic nitrogens is 1. The van der Waals surface area contributed by atoms with Crippen molar-refractivity contribution in [1.82, 2.24) is 14.8 Å². The molecule has 3 heterocycles. The van der Waals surface area contributed by atoms with Crippen LogP contribution in [0.5, 0.6) is 0 Å². The molecule has 2 saturated heterocycles. The van der Waals surface area contributed by atoms with Gasteiger partial charge in [-0.05, 0) is 102 Å². The average Bonchev–Trinajstić information content (AvgIpc) is 3.20. The van der Waals surface area contributed by atoms with E-state index in [2.05, 4.69) is 75.4 Å². The lowest BCUT2D eigenvalue weighted by molar-refractivity contribution is 0.110. The van der Waals surface area contributed by atoms with Crippen LogP contribution in [0.4, 0.5) is 0 Å². The monoisotopic (exact) mass is 451 g/mol. The van der Waals surface area contributed by atoms with Gasteiger partial charge in [-0.25, -0.2) is 4.98 Å². The van der Waals surface area contributed by atoms with Gasteiger partial charge in [0.15, 0.2) is 0 Å². The Bertz CT molecular complexity index is 915. The van der Waals surface area contributed by atoms with Gasteiger partial charge in [-0.15, -0.1) is 17.9 Å². The average molecular weight is 452 g/mol. The van der Waals surface area contributed by atoms with Gasteiger partial charge < -0.3 is 4.90 Å². The van der Waals surface area contributed by atoms with Crippen LogP contribution in [0.15, 0.2) is 36.5 Å². The van der Waals surface area contributed by atoms with Crippen LogP contribution in [-0.4, -0.2) is 53.0 Å². The number of thiazole rings is 1. The second-order valence-corrected chi connectivity index (χ2v) is 11.6. The quantitative estimate of drug-likeness (QED) is 0.416. The van der Waals surface area contributed by atoms with Crippen LogP contribution in [0.2, 0.25) is 0 Å². The molecular formula is C28H41N3S. The maximum absolute atomic E-state index is 4.84. The highest BCUT2D eigenvalue weighted by Gasteiger charge is 2.32. The number of likely N-dealkylation sites (tertiary alicyclic amines) is 2. The minimum Gasteiger partial charge on any atom is -0.301 e. The number of hydrogen-bond donors (Lipinski definition) is 0. The molecule has 0 spiro atoms. The molecule has 0 atom stereocenters. The van der Waals surface area contributed by atoms with Gasteiger partial charge in [0.1, 0.15) is 0 Å². The summed E-state index contributed by atoms with van der Waals surface area (Å²) >= 11 is 1.91. The molecule has 1 aromatic heterocycles. The summed E-state index contributed by atoms with van der Waals surface area (Å²) in [4.78, 5) is 11.3. The molecule has 4 heteroatoms. The summed E-state index contributed by atoms with van der Waals surface area (Å²) in [5.41, 5.74) is 5.74. The molecule has 4 rings (SSSR count). The normalized spacial score (nSPS) is 19.1. The first-order valence-corrected chi connectivity index (χ1v) is 13.3. The van der Waals surface area contributed by atoms with Crippen molar-refractivity contribution in [3.8, 4) is 10.4 Å². The van der Waals surface area contributed by atoms with Crippen LogP contribution in [-0.2, 0) is 6.42 Å². The lowest BCUT2D eigenvalue weighted by atomic mass is 9.83. The molecule has 3 nitrogen and oxygen atoms in total. The topological polar surface area (TPSA) is 19.4 Å². The van der Waals surface area contributed by atoms with E-state index in [-0.39, 0.29) is 0 Å². The van der Waals surface area contributed by atoms with Crippen molar-refractivity contribution in [1.29, 1.82) is 0 Å². The van der Waals surface area contributed by atoms with Crippen LogP contribution < -0.4 is 0 Å². The molecule has 174 valence electrons. The maximum Gasteiger partial charge on any atom is 0.0987 e. The van der Waals surface area contributed by atoms with Gasteiger partial charge >= 0.3 is 0 Å².